The minimum absolute atomic E-state index is 0.0224. The van der Waals surface area contributed by atoms with Crippen LogP contribution in [0.25, 0.3) is 16.8 Å². The maximum absolute atomic E-state index is 16.0. The van der Waals surface area contributed by atoms with Gasteiger partial charge in [-0.25, -0.2) is 26.6 Å². The van der Waals surface area contributed by atoms with Gasteiger partial charge in [-0.2, -0.15) is 23.5 Å². The number of sulfonamides is 1. The number of amides is 2. The van der Waals surface area contributed by atoms with Gasteiger partial charge in [0.1, 0.15) is 23.4 Å². The molecule has 55 heavy (non-hydrogen) atoms. The number of nitriles is 1. The van der Waals surface area contributed by atoms with Gasteiger partial charge >= 0.3 is 6.18 Å². The summed E-state index contributed by atoms with van der Waals surface area (Å²) >= 11 is 0. The van der Waals surface area contributed by atoms with Crippen LogP contribution in [0.3, 0.4) is 0 Å². The number of aryl methyl sites for hydroxylation is 1. The van der Waals surface area contributed by atoms with Gasteiger partial charge in [-0.3, -0.25) is 9.59 Å². The molecule has 0 bridgehead atoms. The summed E-state index contributed by atoms with van der Waals surface area (Å²) in [5.41, 5.74) is -1.87. The minimum Gasteiger partial charge on any atom is -0.352 e. The summed E-state index contributed by atoms with van der Waals surface area (Å²) in [4.78, 5) is 25.1. The van der Waals surface area contributed by atoms with Crippen LogP contribution in [0, 0.1) is 23.0 Å². The van der Waals surface area contributed by atoms with E-state index in [1.54, 1.807) is 0 Å². The summed E-state index contributed by atoms with van der Waals surface area (Å²) in [5, 5.41) is 17.4. The molecular weight excluding hydrogens is 742 g/mol. The Morgan fingerprint density at radius 3 is 2.25 bits per heavy atom. The Bertz CT molecular complexity index is 2390. The topological polar surface area (TPSA) is 134 Å². The van der Waals surface area contributed by atoms with E-state index in [1.807, 2.05) is 24.6 Å². The van der Waals surface area contributed by atoms with E-state index in [4.69, 9.17) is 0 Å². The zero-order chi connectivity index (χ0) is 39.9. The summed E-state index contributed by atoms with van der Waals surface area (Å²) in [6.07, 6.45) is -2.18. The second kappa shape index (κ2) is 17.1. The predicted octanol–water partition coefficient (Wildman–Crippen LogP) is 8.29. The summed E-state index contributed by atoms with van der Waals surface area (Å²) in [6, 6.07) is 19.0. The van der Waals surface area contributed by atoms with Crippen LogP contribution in [0.2, 0.25) is 0 Å². The number of carbonyl (C=O) groups excluding carboxylic acids is 2. The number of nitrogens with zero attached hydrogens (tertiary/aromatic N) is 3. The van der Waals surface area contributed by atoms with Crippen molar-refractivity contribution in [3.8, 4) is 22.9 Å². The van der Waals surface area contributed by atoms with Crippen molar-refractivity contribution in [2.24, 2.45) is 0 Å². The van der Waals surface area contributed by atoms with Crippen molar-refractivity contribution in [2.75, 3.05) is 6.54 Å². The molecule has 1 aromatic heterocycles. The van der Waals surface area contributed by atoms with Gasteiger partial charge in [0.05, 0.1) is 27.4 Å². The highest BCUT2D eigenvalue weighted by molar-refractivity contribution is 7.90. The van der Waals surface area contributed by atoms with Gasteiger partial charge in [0.2, 0.25) is 0 Å². The number of benzene rings is 4. The van der Waals surface area contributed by atoms with Crippen LogP contribution in [-0.2, 0) is 29.0 Å². The van der Waals surface area contributed by atoms with Crippen LogP contribution >= 0.6 is 0 Å². The first kappa shape index (κ1) is 40.3. The van der Waals surface area contributed by atoms with E-state index in [9.17, 15) is 40.8 Å². The smallest absolute Gasteiger partial charge is 0.352 e. The molecule has 0 fully saturated rings. The standard InChI is InChI=1S/C40H36F5N5O4S/c1-3-5-14-34-30(36(24-46)50(48-34)35-23-27(38(51)47-20-6-4-2)18-19-31(35)40(43,44)45)21-26-17-16-25(22-33(26)42)28-11-8-10-15-37(28)55(53,54)49-39(52)29-12-7-9-13-32(29)41/h7-13,15-19,22-23H,3-6,14,20-21H2,1-2H3,(H,47,51)(H,49,52). The van der Waals surface area contributed by atoms with Gasteiger partial charge in [0.15, 0.2) is 0 Å². The first-order valence-corrected chi connectivity index (χ1v) is 18.9. The number of halogens is 5. The highest BCUT2D eigenvalue weighted by Crippen LogP contribution is 2.36. The molecule has 0 unspecified atom stereocenters. The summed E-state index contributed by atoms with van der Waals surface area (Å²) in [7, 11) is -4.59. The largest absolute Gasteiger partial charge is 0.418 e. The van der Waals surface area contributed by atoms with Crippen LogP contribution in [0.5, 0.6) is 0 Å². The molecule has 0 aliphatic heterocycles. The van der Waals surface area contributed by atoms with Crippen LogP contribution in [0.4, 0.5) is 22.0 Å². The Hall–Kier alpha value is -5.88. The number of unbranched alkanes of at least 4 members (excludes halogenated alkanes) is 2. The third-order valence-electron chi connectivity index (χ3n) is 8.80. The van der Waals surface area contributed by atoms with E-state index >= 15 is 4.39 Å². The molecule has 15 heteroatoms. The highest BCUT2D eigenvalue weighted by atomic mass is 32.2. The van der Waals surface area contributed by atoms with Crippen molar-refractivity contribution in [1.29, 1.82) is 5.26 Å². The first-order valence-electron chi connectivity index (χ1n) is 17.4. The van der Waals surface area contributed by atoms with E-state index < -0.39 is 56.5 Å². The lowest BCUT2D eigenvalue weighted by atomic mass is 9.97. The zero-order valence-electron chi connectivity index (χ0n) is 29.8. The molecule has 0 atom stereocenters. The molecular formula is C40H36F5N5O4S. The monoisotopic (exact) mass is 777 g/mol. The third-order valence-corrected chi connectivity index (χ3v) is 10.2. The molecule has 0 aliphatic rings. The maximum atomic E-state index is 16.0. The Balaban J connectivity index is 1.54. The van der Waals surface area contributed by atoms with Crippen LogP contribution in [0.1, 0.15) is 88.3 Å². The van der Waals surface area contributed by atoms with Crippen molar-refractivity contribution in [2.45, 2.75) is 63.4 Å². The predicted molar refractivity (Wildman–Crippen MR) is 195 cm³/mol. The molecule has 0 spiro atoms. The first-order chi connectivity index (χ1) is 26.2. The lowest BCUT2D eigenvalue weighted by Gasteiger charge is -2.15. The van der Waals surface area contributed by atoms with Crippen molar-refractivity contribution in [3.05, 3.63) is 136 Å². The average molecular weight is 778 g/mol. The van der Waals surface area contributed by atoms with Crippen molar-refractivity contribution >= 4 is 21.8 Å². The number of aromatic nitrogens is 2. The van der Waals surface area contributed by atoms with Crippen molar-refractivity contribution in [1.82, 2.24) is 19.8 Å². The Morgan fingerprint density at radius 2 is 1.58 bits per heavy atom. The van der Waals surface area contributed by atoms with Crippen LogP contribution in [-0.4, -0.2) is 36.6 Å². The van der Waals surface area contributed by atoms with Gasteiger partial charge < -0.3 is 5.32 Å². The molecule has 286 valence electrons. The molecule has 1 heterocycles. The fourth-order valence-corrected chi connectivity index (χ4v) is 7.15. The summed E-state index contributed by atoms with van der Waals surface area (Å²) in [5.74, 6) is -3.54. The molecule has 2 amide bonds. The maximum Gasteiger partial charge on any atom is 0.418 e. The molecule has 0 saturated heterocycles. The average Bonchev–Trinajstić information content (AvgIpc) is 3.50. The van der Waals surface area contributed by atoms with Gasteiger partial charge in [-0.15, -0.1) is 0 Å². The van der Waals surface area contributed by atoms with Gasteiger partial charge in [-0.1, -0.05) is 69.2 Å². The number of hydrogen-bond donors (Lipinski definition) is 2. The molecule has 0 saturated carbocycles. The number of rotatable bonds is 14. The van der Waals surface area contributed by atoms with E-state index in [2.05, 4.69) is 10.4 Å². The SMILES string of the molecule is CCCCNC(=O)c1ccc(C(F)(F)F)c(-n2nc(CCCC)c(Cc3ccc(-c4ccccc4S(=O)(=O)NC(=O)c4ccccc4F)cc3F)c2C#N)c1. The van der Waals surface area contributed by atoms with Gasteiger partial charge in [0.25, 0.3) is 21.8 Å². The molecule has 2 N–H and O–H groups in total. The fraction of sp³-hybridized carbons (Fsp3) is 0.250. The van der Waals surface area contributed by atoms with Gasteiger partial charge in [0, 0.05) is 29.7 Å². The van der Waals surface area contributed by atoms with Crippen molar-refractivity contribution < 1.29 is 40.0 Å². The summed E-state index contributed by atoms with van der Waals surface area (Å²) < 4.78 is 103. The second-order valence-electron chi connectivity index (χ2n) is 12.6. The Morgan fingerprint density at radius 1 is 0.873 bits per heavy atom. The minimum atomic E-state index is -4.87. The zero-order valence-corrected chi connectivity index (χ0v) is 30.6. The van der Waals surface area contributed by atoms with Crippen molar-refractivity contribution in [3.63, 3.8) is 0 Å². The van der Waals surface area contributed by atoms with Crippen LogP contribution < -0.4 is 10.0 Å². The molecule has 0 aliphatic carbocycles. The normalized spacial score (nSPS) is 11.6. The molecule has 4 aromatic carbocycles. The number of alkyl halides is 3. The second-order valence-corrected chi connectivity index (χ2v) is 14.3. The van der Waals surface area contributed by atoms with Gasteiger partial charge in [-0.05, 0) is 72.9 Å². The third kappa shape index (κ3) is 9.09. The lowest BCUT2D eigenvalue weighted by molar-refractivity contribution is -0.137. The Kier molecular flexibility index (Phi) is 12.5. The molecule has 9 nitrogen and oxygen atoms in total. The van der Waals surface area contributed by atoms with E-state index in [-0.39, 0.29) is 56.9 Å². The number of nitrogens with one attached hydrogen (secondary N) is 2. The van der Waals surface area contributed by atoms with E-state index in [1.165, 1.54) is 48.5 Å². The summed E-state index contributed by atoms with van der Waals surface area (Å²) in [6.45, 7) is 4.14. The fourth-order valence-electron chi connectivity index (χ4n) is 5.95. The molecule has 5 rings (SSSR count). The van der Waals surface area contributed by atoms with Crippen LogP contribution in [0.15, 0.2) is 89.8 Å². The number of hydrogen-bond acceptors (Lipinski definition) is 6. The number of carbonyl (C=O) groups is 2. The highest BCUT2D eigenvalue weighted by Gasteiger charge is 2.36. The Labute approximate surface area is 314 Å². The van der Waals surface area contributed by atoms with E-state index in [0.29, 0.717) is 25.8 Å². The quantitative estimate of drug-likeness (QED) is 0.0862. The molecule has 5 aromatic rings. The van der Waals surface area contributed by atoms with E-state index in [0.717, 1.165) is 47.5 Å². The lowest BCUT2D eigenvalue weighted by Crippen LogP contribution is -2.31. The molecule has 0 radical (unpaired) electrons.